The largest absolute Gasteiger partial charge is 0.497 e. The van der Waals surface area contributed by atoms with Gasteiger partial charge in [-0.15, -0.1) is 0 Å². The molecule has 0 radical (unpaired) electrons. The summed E-state index contributed by atoms with van der Waals surface area (Å²) in [5.41, 5.74) is 2.95. The van der Waals surface area contributed by atoms with Crippen LogP contribution in [0.1, 0.15) is 17.0 Å². The van der Waals surface area contributed by atoms with Crippen LogP contribution in [0.2, 0.25) is 0 Å². The van der Waals surface area contributed by atoms with E-state index >= 15 is 0 Å². The molecular weight excluding hydrogens is 486 g/mol. The third kappa shape index (κ3) is 6.70. The van der Waals surface area contributed by atoms with Gasteiger partial charge in [-0.1, -0.05) is 30.3 Å². The highest BCUT2D eigenvalue weighted by atomic mass is 16.5. The zero-order valence-corrected chi connectivity index (χ0v) is 21.5. The number of aryl methyl sites for hydroxylation is 1. The number of methoxy groups -OCH3 is 2. The normalized spacial score (nSPS) is 10.5. The second-order valence-electron chi connectivity index (χ2n) is 8.35. The highest BCUT2D eigenvalue weighted by Crippen LogP contribution is 2.22. The first-order valence-electron chi connectivity index (χ1n) is 12.0. The highest BCUT2D eigenvalue weighted by molar-refractivity contribution is 5.99. The van der Waals surface area contributed by atoms with Gasteiger partial charge in [-0.2, -0.15) is 0 Å². The molecule has 1 N–H and O–H groups in total. The van der Waals surface area contributed by atoms with E-state index < -0.39 is 12.1 Å². The molecule has 3 amide bonds. The van der Waals surface area contributed by atoms with Crippen LogP contribution in [0.25, 0.3) is 11.5 Å². The summed E-state index contributed by atoms with van der Waals surface area (Å²) in [7, 11) is 2.78. The van der Waals surface area contributed by atoms with Crippen molar-refractivity contribution in [1.82, 2.24) is 9.88 Å². The van der Waals surface area contributed by atoms with Crippen LogP contribution in [-0.4, -0.2) is 42.8 Å². The molecule has 4 aromatic rings. The number of nitrogens with zero attached hydrogens (tertiary/aromatic N) is 2. The van der Waals surface area contributed by atoms with Crippen LogP contribution in [0.4, 0.5) is 15.3 Å². The minimum atomic E-state index is -0.780. The van der Waals surface area contributed by atoms with Gasteiger partial charge < -0.3 is 23.9 Å². The number of imide groups is 1. The number of nitrogens with one attached hydrogen (secondary N) is 1. The summed E-state index contributed by atoms with van der Waals surface area (Å²) in [5, 5.41) is 2.70. The topological polar surface area (TPSA) is 103 Å². The second-order valence-corrected chi connectivity index (χ2v) is 8.35. The first kappa shape index (κ1) is 26.3. The SMILES string of the molecule is COC(=O)N(Cc1cccc(OCCc2nc(-c3ccccc3)oc2C)c1)C(=O)Nc1ccc(OC)cc1. The van der Waals surface area contributed by atoms with Crippen molar-refractivity contribution in [3.8, 4) is 23.0 Å². The predicted octanol–water partition coefficient (Wildman–Crippen LogP) is 6.08. The van der Waals surface area contributed by atoms with Gasteiger partial charge >= 0.3 is 12.1 Å². The number of anilines is 1. The molecule has 0 aliphatic heterocycles. The summed E-state index contributed by atoms with van der Waals surface area (Å²) < 4.78 is 21.7. The molecule has 0 unspecified atom stereocenters. The second kappa shape index (κ2) is 12.4. The van der Waals surface area contributed by atoms with Crippen molar-refractivity contribution in [2.45, 2.75) is 19.9 Å². The number of oxazole rings is 1. The number of hydrogen-bond acceptors (Lipinski definition) is 7. The highest BCUT2D eigenvalue weighted by Gasteiger charge is 2.23. The van der Waals surface area contributed by atoms with Gasteiger partial charge in [0.05, 0.1) is 33.1 Å². The summed E-state index contributed by atoms with van der Waals surface area (Å²) in [5.74, 6) is 2.58. The Kier molecular flexibility index (Phi) is 8.61. The molecule has 0 atom stereocenters. The Bertz CT molecular complexity index is 1370. The number of ether oxygens (including phenoxy) is 3. The number of benzene rings is 3. The lowest BCUT2D eigenvalue weighted by atomic mass is 10.2. The van der Waals surface area contributed by atoms with E-state index in [4.69, 9.17) is 18.6 Å². The summed E-state index contributed by atoms with van der Waals surface area (Å²) >= 11 is 0. The first-order valence-corrected chi connectivity index (χ1v) is 12.0. The van der Waals surface area contributed by atoms with E-state index in [1.807, 2.05) is 43.3 Å². The summed E-state index contributed by atoms with van der Waals surface area (Å²) in [6.07, 6.45) is -0.219. The molecule has 0 fully saturated rings. The minimum Gasteiger partial charge on any atom is -0.497 e. The summed E-state index contributed by atoms with van der Waals surface area (Å²) in [6.45, 7) is 2.26. The lowest BCUT2D eigenvalue weighted by Gasteiger charge is -2.20. The number of hydrogen-bond donors (Lipinski definition) is 1. The molecule has 1 heterocycles. The molecule has 0 saturated heterocycles. The maximum atomic E-state index is 12.9. The number of rotatable bonds is 9. The zero-order valence-electron chi connectivity index (χ0n) is 21.5. The molecular formula is C29H29N3O6. The quantitative estimate of drug-likeness (QED) is 0.288. The summed E-state index contributed by atoms with van der Waals surface area (Å²) in [6, 6.07) is 23.1. The van der Waals surface area contributed by atoms with Crippen molar-refractivity contribution < 1.29 is 28.2 Å². The molecule has 9 nitrogen and oxygen atoms in total. The van der Waals surface area contributed by atoms with Crippen molar-refractivity contribution in [2.75, 3.05) is 26.1 Å². The van der Waals surface area contributed by atoms with Crippen LogP contribution in [0.5, 0.6) is 11.5 Å². The number of amides is 3. The number of carbonyl (C=O) groups excluding carboxylic acids is 2. The van der Waals surface area contributed by atoms with Crippen LogP contribution in [-0.2, 0) is 17.7 Å². The smallest absolute Gasteiger partial charge is 0.418 e. The van der Waals surface area contributed by atoms with Gasteiger partial charge in [-0.3, -0.25) is 0 Å². The fourth-order valence-electron chi connectivity index (χ4n) is 3.74. The molecule has 196 valence electrons. The first-order chi connectivity index (χ1) is 18.5. The Morgan fingerprint density at radius 1 is 0.947 bits per heavy atom. The molecule has 9 heteroatoms. The molecule has 1 aromatic heterocycles. The van der Waals surface area contributed by atoms with Gasteiger partial charge in [0.1, 0.15) is 17.3 Å². The third-order valence-corrected chi connectivity index (χ3v) is 5.74. The van der Waals surface area contributed by atoms with E-state index in [0.29, 0.717) is 41.7 Å². The van der Waals surface area contributed by atoms with Crippen LogP contribution in [0.15, 0.2) is 83.3 Å². The van der Waals surface area contributed by atoms with Crippen LogP contribution >= 0.6 is 0 Å². The molecule has 0 aliphatic rings. The Balaban J connectivity index is 1.37. The van der Waals surface area contributed by atoms with Gasteiger partial charge in [-0.25, -0.2) is 19.5 Å². The van der Waals surface area contributed by atoms with Crippen molar-refractivity contribution in [3.63, 3.8) is 0 Å². The monoisotopic (exact) mass is 515 g/mol. The average Bonchev–Trinajstić information content (AvgIpc) is 3.32. The Labute approximate surface area is 221 Å². The van der Waals surface area contributed by atoms with Crippen molar-refractivity contribution in [2.24, 2.45) is 0 Å². The van der Waals surface area contributed by atoms with Crippen molar-refractivity contribution in [3.05, 3.63) is 95.9 Å². The van der Waals surface area contributed by atoms with Crippen LogP contribution in [0, 0.1) is 6.92 Å². The van der Waals surface area contributed by atoms with E-state index in [1.54, 1.807) is 49.6 Å². The summed E-state index contributed by atoms with van der Waals surface area (Å²) in [4.78, 5) is 30.8. The van der Waals surface area contributed by atoms with E-state index in [2.05, 4.69) is 10.3 Å². The van der Waals surface area contributed by atoms with Gasteiger partial charge in [0.2, 0.25) is 5.89 Å². The van der Waals surface area contributed by atoms with Gasteiger partial charge in [-0.05, 0) is 61.0 Å². The Morgan fingerprint density at radius 2 is 1.71 bits per heavy atom. The fraction of sp³-hybridized carbons (Fsp3) is 0.207. The minimum absolute atomic E-state index is 0.00527. The fourth-order valence-corrected chi connectivity index (χ4v) is 3.74. The molecule has 3 aromatic carbocycles. The van der Waals surface area contributed by atoms with E-state index in [-0.39, 0.29) is 6.54 Å². The molecule has 0 aliphatic carbocycles. The Hall–Kier alpha value is -4.79. The Morgan fingerprint density at radius 3 is 2.42 bits per heavy atom. The van der Waals surface area contributed by atoms with Crippen LogP contribution < -0.4 is 14.8 Å². The van der Waals surface area contributed by atoms with Gasteiger partial charge in [0.15, 0.2) is 0 Å². The van der Waals surface area contributed by atoms with E-state index in [0.717, 1.165) is 21.9 Å². The zero-order chi connectivity index (χ0) is 26.9. The lowest BCUT2D eigenvalue weighted by molar-refractivity contribution is 0.131. The lowest BCUT2D eigenvalue weighted by Crippen LogP contribution is -2.39. The molecule has 4 rings (SSSR count). The maximum Gasteiger partial charge on any atom is 0.418 e. The molecule has 0 spiro atoms. The van der Waals surface area contributed by atoms with Gasteiger partial charge in [0, 0.05) is 17.7 Å². The molecule has 0 saturated carbocycles. The predicted molar refractivity (Wildman–Crippen MR) is 142 cm³/mol. The maximum absolute atomic E-state index is 12.9. The number of aromatic nitrogens is 1. The van der Waals surface area contributed by atoms with E-state index in [9.17, 15) is 9.59 Å². The van der Waals surface area contributed by atoms with Crippen molar-refractivity contribution >= 4 is 17.8 Å². The number of carbonyl (C=O) groups is 2. The standard InChI is InChI=1S/C29H29N3O6/c1-20-26(31-27(38-20)22-9-5-4-6-10-22)16-17-37-25-11-7-8-21(18-25)19-32(29(34)36-3)28(33)30-23-12-14-24(35-2)15-13-23/h4-15,18H,16-17,19H2,1-3H3,(H,30,33). The van der Waals surface area contributed by atoms with Gasteiger partial charge in [0.25, 0.3) is 0 Å². The van der Waals surface area contributed by atoms with E-state index in [1.165, 1.54) is 7.11 Å². The molecule has 0 bridgehead atoms. The van der Waals surface area contributed by atoms with Crippen molar-refractivity contribution in [1.29, 1.82) is 0 Å². The molecule has 38 heavy (non-hydrogen) atoms. The third-order valence-electron chi connectivity index (χ3n) is 5.74. The average molecular weight is 516 g/mol. The van der Waals surface area contributed by atoms with Crippen LogP contribution in [0.3, 0.4) is 0 Å². The number of urea groups is 1.